The number of nitrogens with zero attached hydrogens (tertiary/aromatic N) is 1. The van der Waals surface area contributed by atoms with Gasteiger partial charge in [0, 0.05) is 12.1 Å². The number of aromatic amines is 1. The lowest BCUT2D eigenvalue weighted by molar-refractivity contribution is 0.0940. The molecule has 8 heteroatoms. The number of fused-ring (bicyclic) bond motifs is 1. The van der Waals surface area contributed by atoms with Gasteiger partial charge in [0.1, 0.15) is 0 Å². The summed E-state index contributed by atoms with van der Waals surface area (Å²) >= 11 is 0. The molecule has 1 heterocycles. The van der Waals surface area contributed by atoms with Crippen LogP contribution < -0.4 is 26.0 Å². The first kappa shape index (κ1) is 22.1. The lowest BCUT2D eigenvalue weighted by Gasteiger charge is -2.17. The molecule has 164 valence electrons. The van der Waals surface area contributed by atoms with E-state index in [1.807, 2.05) is 39.0 Å². The van der Waals surface area contributed by atoms with Crippen LogP contribution in [0.5, 0.6) is 11.5 Å². The van der Waals surface area contributed by atoms with Gasteiger partial charge in [-0.15, -0.1) is 0 Å². The number of nitrogens with one attached hydrogen (secondary N) is 2. The third-order valence-electron chi connectivity index (χ3n) is 4.98. The van der Waals surface area contributed by atoms with Crippen molar-refractivity contribution in [1.82, 2.24) is 14.9 Å². The highest BCUT2D eigenvalue weighted by Gasteiger charge is 2.16. The van der Waals surface area contributed by atoms with Crippen molar-refractivity contribution >= 4 is 16.8 Å². The van der Waals surface area contributed by atoms with Crippen LogP contribution in [0.3, 0.4) is 0 Å². The first-order chi connectivity index (χ1) is 14.9. The Morgan fingerprint density at radius 3 is 2.42 bits per heavy atom. The van der Waals surface area contributed by atoms with Gasteiger partial charge in [-0.2, -0.15) is 0 Å². The first-order valence-electron chi connectivity index (χ1n) is 10.4. The Bertz CT molecular complexity index is 1210. The molecule has 0 saturated heterocycles. The molecule has 0 saturated carbocycles. The minimum Gasteiger partial charge on any atom is -0.490 e. The van der Waals surface area contributed by atoms with E-state index in [-0.39, 0.29) is 24.1 Å². The maximum Gasteiger partial charge on any atom is 0.328 e. The van der Waals surface area contributed by atoms with Crippen LogP contribution in [0.25, 0.3) is 10.9 Å². The zero-order valence-corrected chi connectivity index (χ0v) is 18.2. The lowest BCUT2D eigenvalue weighted by Crippen LogP contribution is -2.34. The number of amides is 1. The highest BCUT2D eigenvalue weighted by molar-refractivity contribution is 5.97. The van der Waals surface area contributed by atoms with Crippen LogP contribution in [0.15, 0.2) is 46.0 Å². The van der Waals surface area contributed by atoms with Gasteiger partial charge in [-0.05, 0) is 63.6 Å². The molecule has 0 radical (unpaired) electrons. The summed E-state index contributed by atoms with van der Waals surface area (Å²) in [6.45, 7) is 8.69. The van der Waals surface area contributed by atoms with E-state index in [0.29, 0.717) is 41.2 Å². The van der Waals surface area contributed by atoms with Crippen molar-refractivity contribution in [3.8, 4) is 11.5 Å². The van der Waals surface area contributed by atoms with E-state index in [1.54, 1.807) is 19.1 Å². The second kappa shape index (κ2) is 9.51. The van der Waals surface area contributed by atoms with E-state index in [0.717, 1.165) is 10.1 Å². The van der Waals surface area contributed by atoms with Crippen molar-refractivity contribution < 1.29 is 14.3 Å². The SMILES string of the molecule is CCOc1ccc(C(C)NC(=O)c2ccc3c(=O)n(CC)c(=O)[nH]c3c2)cc1OCC. The second-order valence-electron chi connectivity index (χ2n) is 7.01. The standard InChI is InChI=1S/C23H27N3O5/c1-5-26-22(28)17-10-8-16(12-18(17)25-23(26)29)21(27)24-14(4)15-9-11-19(30-6-2)20(13-15)31-7-3/h8-14H,5-7H2,1-4H3,(H,24,27)(H,25,29). The molecule has 1 unspecified atom stereocenters. The van der Waals surface area contributed by atoms with Crippen molar-refractivity contribution in [2.75, 3.05) is 13.2 Å². The van der Waals surface area contributed by atoms with E-state index in [2.05, 4.69) is 10.3 Å². The van der Waals surface area contributed by atoms with Gasteiger partial charge in [-0.3, -0.25) is 14.2 Å². The first-order valence-corrected chi connectivity index (χ1v) is 10.4. The predicted octanol–water partition coefficient (Wildman–Crippen LogP) is 3.00. The number of hydrogen-bond donors (Lipinski definition) is 2. The van der Waals surface area contributed by atoms with E-state index in [1.165, 1.54) is 6.07 Å². The van der Waals surface area contributed by atoms with Gasteiger partial charge in [0.2, 0.25) is 0 Å². The summed E-state index contributed by atoms with van der Waals surface area (Å²) in [7, 11) is 0. The topological polar surface area (TPSA) is 102 Å². The molecule has 31 heavy (non-hydrogen) atoms. The fraction of sp³-hybridized carbons (Fsp3) is 0.348. The van der Waals surface area contributed by atoms with Crippen LogP contribution in [-0.2, 0) is 6.54 Å². The smallest absolute Gasteiger partial charge is 0.328 e. The van der Waals surface area contributed by atoms with Gasteiger partial charge in [-0.1, -0.05) is 6.07 Å². The van der Waals surface area contributed by atoms with E-state index in [9.17, 15) is 14.4 Å². The third-order valence-corrected chi connectivity index (χ3v) is 4.98. The Kier molecular flexibility index (Phi) is 6.79. The van der Waals surface area contributed by atoms with Crippen LogP contribution in [-0.4, -0.2) is 28.7 Å². The second-order valence-corrected chi connectivity index (χ2v) is 7.01. The highest BCUT2D eigenvalue weighted by Crippen LogP contribution is 2.30. The quantitative estimate of drug-likeness (QED) is 0.578. The number of H-pyrrole nitrogens is 1. The zero-order chi connectivity index (χ0) is 22.5. The zero-order valence-electron chi connectivity index (χ0n) is 18.2. The molecule has 3 rings (SSSR count). The molecule has 1 atom stereocenters. The fourth-order valence-electron chi connectivity index (χ4n) is 3.38. The van der Waals surface area contributed by atoms with Crippen molar-refractivity contribution in [3.05, 3.63) is 68.4 Å². The molecule has 0 spiro atoms. The predicted molar refractivity (Wildman–Crippen MR) is 119 cm³/mol. The number of ether oxygens (including phenoxy) is 2. The molecule has 2 N–H and O–H groups in total. The summed E-state index contributed by atoms with van der Waals surface area (Å²) in [6, 6.07) is 9.91. The maximum absolute atomic E-state index is 12.8. The Morgan fingerprint density at radius 1 is 1.03 bits per heavy atom. The summed E-state index contributed by atoms with van der Waals surface area (Å²) in [5.41, 5.74) is 0.669. The van der Waals surface area contributed by atoms with Crippen molar-refractivity contribution in [2.24, 2.45) is 0 Å². The molecular formula is C23H27N3O5. The number of carbonyl (C=O) groups excluding carboxylic acids is 1. The molecule has 2 aromatic carbocycles. The third kappa shape index (κ3) is 4.63. The Labute approximate surface area is 179 Å². The molecule has 1 aromatic heterocycles. The fourth-order valence-corrected chi connectivity index (χ4v) is 3.38. The lowest BCUT2D eigenvalue weighted by atomic mass is 10.1. The minimum absolute atomic E-state index is 0.273. The van der Waals surface area contributed by atoms with Crippen molar-refractivity contribution in [3.63, 3.8) is 0 Å². The van der Waals surface area contributed by atoms with Gasteiger partial charge < -0.3 is 19.8 Å². The summed E-state index contributed by atoms with van der Waals surface area (Å²) in [6.07, 6.45) is 0. The molecule has 0 bridgehead atoms. The maximum atomic E-state index is 12.8. The Balaban J connectivity index is 1.85. The normalized spacial score (nSPS) is 11.9. The van der Waals surface area contributed by atoms with Crippen LogP contribution in [0.4, 0.5) is 0 Å². The average Bonchev–Trinajstić information content (AvgIpc) is 2.75. The van der Waals surface area contributed by atoms with Gasteiger partial charge in [0.05, 0.1) is 30.2 Å². The van der Waals surface area contributed by atoms with Crippen molar-refractivity contribution in [1.29, 1.82) is 0 Å². The molecule has 3 aromatic rings. The van der Waals surface area contributed by atoms with E-state index in [4.69, 9.17) is 9.47 Å². The van der Waals surface area contributed by atoms with Gasteiger partial charge in [-0.25, -0.2) is 4.79 Å². The molecule has 0 aliphatic carbocycles. The van der Waals surface area contributed by atoms with Gasteiger partial charge >= 0.3 is 5.69 Å². The monoisotopic (exact) mass is 425 g/mol. The molecular weight excluding hydrogens is 398 g/mol. The van der Waals surface area contributed by atoms with E-state index >= 15 is 0 Å². The van der Waals surface area contributed by atoms with Gasteiger partial charge in [0.15, 0.2) is 11.5 Å². The molecule has 8 nitrogen and oxygen atoms in total. The summed E-state index contributed by atoms with van der Waals surface area (Å²) in [4.78, 5) is 39.9. The van der Waals surface area contributed by atoms with Crippen LogP contribution in [0.2, 0.25) is 0 Å². The molecule has 1 amide bonds. The number of hydrogen-bond acceptors (Lipinski definition) is 5. The Hall–Kier alpha value is -3.55. The largest absolute Gasteiger partial charge is 0.490 e. The molecule has 0 fully saturated rings. The van der Waals surface area contributed by atoms with Crippen LogP contribution in [0.1, 0.15) is 49.7 Å². The number of benzene rings is 2. The summed E-state index contributed by atoms with van der Waals surface area (Å²) in [5, 5.41) is 3.30. The number of carbonyl (C=O) groups is 1. The summed E-state index contributed by atoms with van der Waals surface area (Å²) in [5.74, 6) is 0.961. The van der Waals surface area contributed by atoms with Gasteiger partial charge in [0.25, 0.3) is 11.5 Å². The summed E-state index contributed by atoms with van der Waals surface area (Å²) < 4.78 is 12.4. The van der Waals surface area contributed by atoms with E-state index < -0.39 is 5.69 Å². The average molecular weight is 425 g/mol. The van der Waals surface area contributed by atoms with Crippen molar-refractivity contribution in [2.45, 2.75) is 40.3 Å². The number of aromatic nitrogens is 2. The van der Waals surface area contributed by atoms with Crippen LogP contribution >= 0.6 is 0 Å². The highest BCUT2D eigenvalue weighted by atomic mass is 16.5. The molecule has 0 aliphatic rings. The minimum atomic E-state index is -0.497. The number of rotatable bonds is 8. The van der Waals surface area contributed by atoms with Crippen LogP contribution in [0, 0.1) is 0 Å². The Morgan fingerprint density at radius 2 is 1.74 bits per heavy atom. The molecule has 0 aliphatic heterocycles.